The predicted molar refractivity (Wildman–Crippen MR) is 84.5 cm³/mol. The van der Waals surface area contributed by atoms with Crippen molar-refractivity contribution in [2.75, 3.05) is 49.5 Å². The molecule has 0 radical (unpaired) electrons. The van der Waals surface area contributed by atoms with Crippen LogP contribution >= 0.6 is 0 Å². The molecule has 1 aromatic rings. The zero-order valence-electron chi connectivity index (χ0n) is 13.2. The van der Waals surface area contributed by atoms with Gasteiger partial charge in [-0.2, -0.15) is 13.2 Å². The van der Waals surface area contributed by atoms with Gasteiger partial charge in [0.05, 0.1) is 0 Å². The fraction of sp³-hybridized carbons (Fsp3) is 0.625. The Morgan fingerprint density at radius 3 is 2.14 bits per heavy atom. The predicted octanol–water partition coefficient (Wildman–Crippen LogP) is 3.44. The molecule has 0 amide bonds. The average molecular weight is 315 g/mol. The maximum atomic E-state index is 12.2. The molecular weight excluding hydrogens is 291 g/mol. The molecule has 2 rings (SSSR count). The number of nitrogens with one attached hydrogen (secondary N) is 1. The normalized spacial score (nSPS) is 17.1. The van der Waals surface area contributed by atoms with Gasteiger partial charge < -0.3 is 10.2 Å². The molecule has 1 heterocycles. The van der Waals surface area contributed by atoms with Crippen LogP contribution in [-0.2, 0) is 0 Å². The highest BCUT2D eigenvalue weighted by Crippen LogP contribution is 2.21. The number of nitrogens with zero attached hydrogens (tertiary/aromatic N) is 2. The Bertz CT molecular complexity index is 449. The summed E-state index contributed by atoms with van der Waals surface area (Å²) >= 11 is 0. The van der Waals surface area contributed by atoms with Gasteiger partial charge in [-0.1, -0.05) is 13.8 Å². The third kappa shape index (κ3) is 5.40. The largest absolute Gasteiger partial charge is 0.405 e. The molecular formula is C16H24F3N3. The Morgan fingerprint density at radius 2 is 1.64 bits per heavy atom. The van der Waals surface area contributed by atoms with Gasteiger partial charge in [0.2, 0.25) is 0 Å². The smallest absolute Gasteiger partial charge is 0.376 e. The first kappa shape index (κ1) is 16.9. The first-order chi connectivity index (χ1) is 10.3. The van der Waals surface area contributed by atoms with Crippen molar-refractivity contribution < 1.29 is 13.2 Å². The van der Waals surface area contributed by atoms with Crippen LogP contribution in [0.3, 0.4) is 0 Å². The van der Waals surface area contributed by atoms with Gasteiger partial charge in [0.25, 0.3) is 0 Å². The van der Waals surface area contributed by atoms with Crippen molar-refractivity contribution in [1.29, 1.82) is 0 Å². The molecule has 0 saturated carbocycles. The van der Waals surface area contributed by atoms with Gasteiger partial charge in [0.15, 0.2) is 0 Å². The molecule has 0 bridgehead atoms. The fourth-order valence-corrected chi connectivity index (χ4v) is 2.70. The van der Waals surface area contributed by atoms with E-state index in [4.69, 9.17) is 0 Å². The summed E-state index contributed by atoms with van der Waals surface area (Å²) in [5.41, 5.74) is 1.57. The van der Waals surface area contributed by atoms with Crippen LogP contribution in [0.25, 0.3) is 0 Å². The Morgan fingerprint density at radius 1 is 1.05 bits per heavy atom. The minimum absolute atomic E-state index is 0.500. The molecule has 1 fully saturated rings. The lowest BCUT2D eigenvalue weighted by Crippen LogP contribution is -2.47. The maximum Gasteiger partial charge on any atom is 0.405 e. The van der Waals surface area contributed by atoms with E-state index in [9.17, 15) is 13.2 Å². The fourth-order valence-electron chi connectivity index (χ4n) is 2.70. The third-order valence-electron chi connectivity index (χ3n) is 3.72. The molecule has 1 aromatic carbocycles. The summed E-state index contributed by atoms with van der Waals surface area (Å²) in [6.07, 6.45) is -4.19. The lowest BCUT2D eigenvalue weighted by Gasteiger charge is -2.36. The quantitative estimate of drug-likeness (QED) is 0.898. The van der Waals surface area contributed by atoms with Gasteiger partial charge in [-0.3, -0.25) is 4.90 Å². The molecule has 1 N–H and O–H groups in total. The van der Waals surface area contributed by atoms with Crippen LogP contribution in [-0.4, -0.2) is 50.3 Å². The number of rotatable bonds is 5. The highest BCUT2D eigenvalue weighted by molar-refractivity contribution is 5.55. The minimum atomic E-state index is -4.19. The van der Waals surface area contributed by atoms with Crippen molar-refractivity contribution in [3.8, 4) is 0 Å². The highest BCUT2D eigenvalue weighted by atomic mass is 19.4. The number of benzene rings is 1. The molecule has 0 aromatic heterocycles. The lowest BCUT2D eigenvalue weighted by atomic mass is 10.2. The first-order valence-electron chi connectivity index (χ1n) is 7.71. The van der Waals surface area contributed by atoms with E-state index in [-0.39, 0.29) is 0 Å². The SMILES string of the molecule is CC(C)CN1CCN(c2ccc(NCC(F)(F)F)cc2)CC1. The third-order valence-corrected chi connectivity index (χ3v) is 3.72. The van der Waals surface area contributed by atoms with E-state index in [1.165, 1.54) is 0 Å². The van der Waals surface area contributed by atoms with Crippen LogP contribution in [0.5, 0.6) is 0 Å². The second-order valence-corrected chi connectivity index (χ2v) is 6.20. The van der Waals surface area contributed by atoms with E-state index < -0.39 is 12.7 Å². The Hall–Kier alpha value is -1.43. The van der Waals surface area contributed by atoms with Crippen LogP contribution in [0, 0.1) is 5.92 Å². The standard InChI is InChI=1S/C16H24F3N3/c1-13(2)11-21-7-9-22(10-8-21)15-5-3-14(4-6-15)20-12-16(17,18)19/h3-6,13,20H,7-12H2,1-2H3. The zero-order chi connectivity index (χ0) is 16.2. The van der Waals surface area contributed by atoms with Crippen molar-refractivity contribution >= 4 is 11.4 Å². The molecule has 0 aliphatic carbocycles. The molecule has 0 spiro atoms. The van der Waals surface area contributed by atoms with Crippen molar-refractivity contribution in [2.45, 2.75) is 20.0 Å². The number of piperazine rings is 1. The number of anilines is 2. The maximum absolute atomic E-state index is 12.2. The number of hydrogen-bond donors (Lipinski definition) is 1. The molecule has 124 valence electrons. The molecule has 3 nitrogen and oxygen atoms in total. The van der Waals surface area contributed by atoms with Gasteiger partial charge in [-0.15, -0.1) is 0 Å². The lowest BCUT2D eigenvalue weighted by molar-refractivity contribution is -0.115. The van der Waals surface area contributed by atoms with Crippen LogP contribution < -0.4 is 10.2 Å². The summed E-state index contributed by atoms with van der Waals surface area (Å²) in [6, 6.07) is 7.19. The topological polar surface area (TPSA) is 18.5 Å². The van der Waals surface area contributed by atoms with E-state index in [0.717, 1.165) is 38.4 Å². The van der Waals surface area contributed by atoms with Gasteiger partial charge in [0, 0.05) is 44.1 Å². The Balaban J connectivity index is 1.84. The number of halogens is 3. The molecule has 6 heteroatoms. The molecule has 1 saturated heterocycles. The summed E-state index contributed by atoms with van der Waals surface area (Å²) < 4.78 is 36.5. The van der Waals surface area contributed by atoms with Crippen molar-refractivity contribution in [1.82, 2.24) is 4.90 Å². The first-order valence-corrected chi connectivity index (χ1v) is 7.71. The summed E-state index contributed by atoms with van der Waals surface area (Å²) in [7, 11) is 0. The monoisotopic (exact) mass is 315 g/mol. The van der Waals surface area contributed by atoms with Gasteiger partial charge in [-0.05, 0) is 30.2 Å². The van der Waals surface area contributed by atoms with Crippen LogP contribution in [0.15, 0.2) is 24.3 Å². The molecule has 22 heavy (non-hydrogen) atoms. The second-order valence-electron chi connectivity index (χ2n) is 6.20. The minimum Gasteiger partial charge on any atom is -0.376 e. The van der Waals surface area contributed by atoms with Crippen molar-refractivity contribution in [2.24, 2.45) is 5.92 Å². The number of alkyl halides is 3. The van der Waals surface area contributed by atoms with E-state index in [2.05, 4.69) is 29.0 Å². The molecule has 0 unspecified atom stereocenters. The van der Waals surface area contributed by atoms with E-state index >= 15 is 0 Å². The summed E-state index contributed by atoms with van der Waals surface area (Å²) in [6.45, 7) is 8.55. The van der Waals surface area contributed by atoms with Crippen LogP contribution in [0.2, 0.25) is 0 Å². The van der Waals surface area contributed by atoms with Crippen LogP contribution in [0.4, 0.5) is 24.5 Å². The number of hydrogen-bond acceptors (Lipinski definition) is 3. The molecule has 1 aliphatic heterocycles. The van der Waals surface area contributed by atoms with Gasteiger partial charge >= 0.3 is 6.18 Å². The summed E-state index contributed by atoms with van der Waals surface area (Å²) in [5.74, 6) is 0.672. The second kappa shape index (κ2) is 7.22. The Labute approximate surface area is 130 Å². The zero-order valence-corrected chi connectivity index (χ0v) is 13.2. The van der Waals surface area contributed by atoms with Crippen molar-refractivity contribution in [3.63, 3.8) is 0 Å². The highest BCUT2D eigenvalue weighted by Gasteiger charge is 2.26. The van der Waals surface area contributed by atoms with E-state index in [1.807, 2.05) is 12.1 Å². The average Bonchev–Trinajstić information content (AvgIpc) is 2.45. The van der Waals surface area contributed by atoms with E-state index in [1.54, 1.807) is 12.1 Å². The van der Waals surface area contributed by atoms with Gasteiger partial charge in [0.1, 0.15) is 6.54 Å². The molecule has 1 aliphatic rings. The molecule has 0 atom stereocenters. The van der Waals surface area contributed by atoms with Crippen molar-refractivity contribution in [3.05, 3.63) is 24.3 Å². The van der Waals surface area contributed by atoms with Crippen LogP contribution in [0.1, 0.15) is 13.8 Å². The van der Waals surface area contributed by atoms with E-state index in [0.29, 0.717) is 11.6 Å². The summed E-state index contributed by atoms with van der Waals surface area (Å²) in [5, 5.41) is 2.39. The Kier molecular flexibility index (Phi) is 5.56. The summed E-state index contributed by atoms with van der Waals surface area (Å²) in [4.78, 5) is 4.74. The van der Waals surface area contributed by atoms with Gasteiger partial charge in [-0.25, -0.2) is 0 Å².